The van der Waals surface area contributed by atoms with E-state index in [1.165, 1.54) is 13.0 Å². The average molecular weight is 330 g/mol. The number of carbonyl (C=O) groups is 3. The fraction of sp³-hybridized carbons (Fsp3) is 0.389. The number of ether oxygens (including phenoxy) is 1. The molecule has 1 aromatic carbocycles. The Morgan fingerprint density at radius 2 is 2.00 bits per heavy atom. The van der Waals surface area contributed by atoms with Gasteiger partial charge in [0.05, 0.1) is 6.61 Å². The van der Waals surface area contributed by atoms with E-state index in [1.807, 2.05) is 0 Å². The summed E-state index contributed by atoms with van der Waals surface area (Å²) in [4.78, 5) is 36.7. The Morgan fingerprint density at radius 3 is 2.62 bits per heavy atom. The van der Waals surface area contributed by atoms with Crippen LogP contribution in [0, 0.1) is 0 Å². The summed E-state index contributed by atoms with van der Waals surface area (Å²) >= 11 is 0. The van der Waals surface area contributed by atoms with Crippen LogP contribution in [0.2, 0.25) is 0 Å². The van der Waals surface area contributed by atoms with Gasteiger partial charge < -0.3 is 15.0 Å². The molecular weight excluding hydrogens is 308 g/mol. The van der Waals surface area contributed by atoms with Crippen molar-refractivity contribution in [3.8, 4) is 0 Å². The van der Waals surface area contributed by atoms with Gasteiger partial charge in [-0.2, -0.15) is 0 Å². The second-order valence-electron chi connectivity index (χ2n) is 5.57. The highest BCUT2D eigenvalue weighted by Gasteiger charge is 2.32. The molecule has 1 unspecified atom stereocenters. The topological polar surface area (TPSA) is 75.7 Å². The molecule has 24 heavy (non-hydrogen) atoms. The lowest BCUT2D eigenvalue weighted by atomic mass is 10.1. The van der Waals surface area contributed by atoms with Crippen molar-refractivity contribution in [3.05, 3.63) is 35.9 Å². The van der Waals surface area contributed by atoms with Gasteiger partial charge in [0.1, 0.15) is 6.04 Å². The van der Waals surface area contributed by atoms with Gasteiger partial charge in [-0.25, -0.2) is 4.79 Å². The molecule has 0 spiro atoms. The van der Waals surface area contributed by atoms with Gasteiger partial charge in [0, 0.05) is 25.2 Å². The number of benzene rings is 1. The minimum absolute atomic E-state index is 0.0768. The maximum atomic E-state index is 12.3. The first-order valence-electron chi connectivity index (χ1n) is 8.04. The monoisotopic (exact) mass is 330 g/mol. The molecule has 0 aliphatic carbocycles. The van der Waals surface area contributed by atoms with Gasteiger partial charge in [0.2, 0.25) is 11.8 Å². The fourth-order valence-corrected chi connectivity index (χ4v) is 2.67. The maximum absolute atomic E-state index is 12.3. The zero-order valence-electron chi connectivity index (χ0n) is 14.0. The molecule has 6 nitrogen and oxygen atoms in total. The summed E-state index contributed by atoms with van der Waals surface area (Å²) in [5.41, 5.74) is 1.48. The van der Waals surface area contributed by atoms with Crippen molar-refractivity contribution < 1.29 is 19.1 Å². The van der Waals surface area contributed by atoms with Crippen molar-refractivity contribution in [2.75, 3.05) is 18.5 Å². The number of amides is 2. The minimum atomic E-state index is -0.397. The van der Waals surface area contributed by atoms with E-state index in [0.29, 0.717) is 25.3 Å². The molecule has 1 aliphatic heterocycles. The van der Waals surface area contributed by atoms with Crippen molar-refractivity contribution in [2.45, 2.75) is 32.7 Å². The SMILES string of the molecule is CCOC(=O)C=Cc1ccc(NC(=O)C2CCCN2C(C)=O)cc1. The summed E-state index contributed by atoms with van der Waals surface area (Å²) in [6.07, 6.45) is 4.54. The van der Waals surface area contributed by atoms with E-state index in [0.717, 1.165) is 12.0 Å². The van der Waals surface area contributed by atoms with E-state index in [9.17, 15) is 14.4 Å². The van der Waals surface area contributed by atoms with Crippen LogP contribution in [0.15, 0.2) is 30.3 Å². The van der Waals surface area contributed by atoms with E-state index in [-0.39, 0.29) is 17.8 Å². The Hall–Kier alpha value is -2.63. The summed E-state index contributed by atoms with van der Waals surface area (Å²) in [6, 6.07) is 6.71. The number of hydrogen-bond acceptors (Lipinski definition) is 4. The molecule has 1 fully saturated rings. The Balaban J connectivity index is 1.95. The van der Waals surface area contributed by atoms with E-state index < -0.39 is 6.04 Å². The van der Waals surface area contributed by atoms with Crippen LogP contribution >= 0.6 is 0 Å². The molecule has 1 aliphatic rings. The number of hydrogen-bond donors (Lipinski definition) is 1. The predicted molar refractivity (Wildman–Crippen MR) is 91.1 cm³/mol. The summed E-state index contributed by atoms with van der Waals surface area (Å²) < 4.78 is 4.81. The molecule has 0 aromatic heterocycles. The predicted octanol–water partition coefficient (Wildman–Crippen LogP) is 2.21. The molecule has 0 radical (unpaired) electrons. The summed E-state index contributed by atoms with van der Waals surface area (Å²) in [6.45, 7) is 4.20. The molecule has 2 rings (SSSR count). The van der Waals surface area contributed by atoms with Crippen molar-refractivity contribution in [3.63, 3.8) is 0 Å². The van der Waals surface area contributed by atoms with Crippen LogP contribution in [0.4, 0.5) is 5.69 Å². The van der Waals surface area contributed by atoms with Crippen LogP contribution in [0.5, 0.6) is 0 Å². The quantitative estimate of drug-likeness (QED) is 0.663. The molecule has 2 amide bonds. The Morgan fingerprint density at radius 1 is 1.29 bits per heavy atom. The first-order valence-corrected chi connectivity index (χ1v) is 8.04. The van der Waals surface area contributed by atoms with Gasteiger partial charge in [-0.15, -0.1) is 0 Å². The van der Waals surface area contributed by atoms with Gasteiger partial charge in [0.25, 0.3) is 0 Å². The molecule has 0 saturated carbocycles. The van der Waals surface area contributed by atoms with E-state index in [2.05, 4.69) is 5.32 Å². The van der Waals surface area contributed by atoms with Crippen molar-refractivity contribution in [2.24, 2.45) is 0 Å². The van der Waals surface area contributed by atoms with Gasteiger partial charge in [0.15, 0.2) is 0 Å². The first kappa shape index (κ1) is 17.7. The van der Waals surface area contributed by atoms with E-state index in [1.54, 1.807) is 42.2 Å². The number of likely N-dealkylation sites (tertiary alicyclic amines) is 1. The number of esters is 1. The van der Waals surface area contributed by atoms with Gasteiger partial charge in [-0.05, 0) is 43.5 Å². The highest BCUT2D eigenvalue weighted by Crippen LogP contribution is 2.19. The van der Waals surface area contributed by atoms with Crippen molar-refractivity contribution in [1.82, 2.24) is 4.90 Å². The number of rotatable bonds is 5. The van der Waals surface area contributed by atoms with E-state index in [4.69, 9.17) is 4.74 Å². The first-order chi connectivity index (χ1) is 11.5. The second kappa shape index (κ2) is 8.29. The second-order valence-corrected chi connectivity index (χ2v) is 5.57. The van der Waals surface area contributed by atoms with Crippen LogP contribution < -0.4 is 5.32 Å². The lowest BCUT2D eigenvalue weighted by Gasteiger charge is -2.22. The molecule has 1 N–H and O–H groups in total. The Labute approximate surface area is 141 Å². The molecule has 6 heteroatoms. The normalized spacial score (nSPS) is 17.1. The number of nitrogens with one attached hydrogen (secondary N) is 1. The molecular formula is C18H22N2O4. The highest BCUT2D eigenvalue weighted by atomic mass is 16.5. The number of nitrogens with zero attached hydrogens (tertiary/aromatic N) is 1. The smallest absolute Gasteiger partial charge is 0.330 e. The van der Waals surface area contributed by atoms with Crippen LogP contribution in [-0.2, 0) is 19.1 Å². The third-order valence-corrected chi connectivity index (χ3v) is 3.84. The van der Waals surface area contributed by atoms with Gasteiger partial charge in [-0.1, -0.05) is 12.1 Å². The Bertz CT molecular complexity index is 637. The van der Waals surface area contributed by atoms with Crippen molar-refractivity contribution in [1.29, 1.82) is 0 Å². The largest absolute Gasteiger partial charge is 0.463 e. The van der Waals surface area contributed by atoms with E-state index >= 15 is 0 Å². The van der Waals surface area contributed by atoms with Gasteiger partial charge in [-0.3, -0.25) is 9.59 Å². The summed E-state index contributed by atoms with van der Waals surface area (Å²) in [7, 11) is 0. The zero-order chi connectivity index (χ0) is 17.5. The molecule has 1 heterocycles. The lowest BCUT2D eigenvalue weighted by molar-refractivity contribution is -0.137. The molecule has 0 bridgehead atoms. The zero-order valence-corrected chi connectivity index (χ0v) is 14.0. The maximum Gasteiger partial charge on any atom is 0.330 e. The Kier molecular flexibility index (Phi) is 6.12. The molecule has 1 saturated heterocycles. The molecule has 128 valence electrons. The fourth-order valence-electron chi connectivity index (χ4n) is 2.67. The standard InChI is InChI=1S/C18H22N2O4/c1-3-24-17(22)11-8-14-6-9-15(10-7-14)19-18(23)16-5-4-12-20(16)13(2)21/h6-11,16H,3-5,12H2,1-2H3,(H,19,23). The lowest BCUT2D eigenvalue weighted by Crippen LogP contribution is -2.42. The van der Waals surface area contributed by atoms with Crippen LogP contribution in [-0.4, -0.2) is 41.9 Å². The third-order valence-electron chi connectivity index (χ3n) is 3.84. The number of carbonyl (C=O) groups excluding carboxylic acids is 3. The third kappa shape index (κ3) is 4.68. The summed E-state index contributed by atoms with van der Waals surface area (Å²) in [5.74, 6) is -0.634. The van der Waals surface area contributed by atoms with Crippen LogP contribution in [0.1, 0.15) is 32.3 Å². The summed E-state index contributed by atoms with van der Waals surface area (Å²) in [5, 5.41) is 2.83. The van der Waals surface area contributed by atoms with Crippen molar-refractivity contribution >= 4 is 29.5 Å². The average Bonchev–Trinajstić information content (AvgIpc) is 3.04. The molecule has 1 aromatic rings. The van der Waals surface area contributed by atoms with Crippen LogP contribution in [0.25, 0.3) is 6.08 Å². The van der Waals surface area contributed by atoms with Crippen LogP contribution in [0.3, 0.4) is 0 Å². The minimum Gasteiger partial charge on any atom is -0.463 e. The highest BCUT2D eigenvalue weighted by molar-refractivity contribution is 5.97. The van der Waals surface area contributed by atoms with Gasteiger partial charge >= 0.3 is 5.97 Å². The molecule has 1 atom stereocenters. The number of anilines is 1.